The Bertz CT molecular complexity index is 1020. The molecule has 0 aliphatic rings. The second-order valence-electron chi connectivity index (χ2n) is 6.31. The molecule has 0 fully saturated rings. The first-order valence-electron chi connectivity index (χ1n) is 9.08. The van der Waals surface area contributed by atoms with Crippen molar-refractivity contribution in [3.05, 3.63) is 51.3 Å². The van der Waals surface area contributed by atoms with Gasteiger partial charge < -0.3 is 14.8 Å². The van der Waals surface area contributed by atoms with Gasteiger partial charge in [-0.25, -0.2) is 9.78 Å². The van der Waals surface area contributed by atoms with Crippen LogP contribution in [0.2, 0.25) is 0 Å². The Kier molecular flexibility index (Phi) is 6.66. The molecule has 1 amide bonds. The number of carbonyl (C=O) groups is 2. The average Bonchev–Trinajstić information content (AvgIpc) is 3.26. The monoisotopic (exact) mass is 430 g/mol. The molecule has 1 N–H and O–H groups in total. The van der Waals surface area contributed by atoms with Crippen molar-refractivity contribution in [2.45, 2.75) is 27.2 Å². The van der Waals surface area contributed by atoms with Crippen molar-refractivity contribution in [1.29, 1.82) is 0 Å². The second kappa shape index (κ2) is 9.19. The van der Waals surface area contributed by atoms with Crippen LogP contribution >= 0.6 is 22.7 Å². The predicted molar refractivity (Wildman–Crippen MR) is 116 cm³/mol. The molecule has 3 rings (SSSR count). The van der Waals surface area contributed by atoms with E-state index in [0.29, 0.717) is 16.3 Å². The summed E-state index contributed by atoms with van der Waals surface area (Å²) in [7, 11) is 1.62. The molecule has 2 heterocycles. The number of aryl methyl sites for hydroxylation is 1. The number of ether oxygens (including phenoxy) is 2. The van der Waals surface area contributed by atoms with E-state index in [0.717, 1.165) is 26.8 Å². The quantitative estimate of drug-likeness (QED) is 0.542. The molecule has 3 aromatic rings. The van der Waals surface area contributed by atoms with Crippen molar-refractivity contribution in [3.8, 4) is 16.3 Å². The third-order valence-corrected chi connectivity index (χ3v) is 6.41. The van der Waals surface area contributed by atoms with Gasteiger partial charge in [-0.2, -0.15) is 0 Å². The SMILES string of the molecule is CCOC(=O)c1c(NC(=O)Cc2csc(-c3ccc(OC)cc3)n2)sc(C)c1C. The van der Waals surface area contributed by atoms with Crippen LogP contribution in [0.3, 0.4) is 0 Å². The number of carbonyl (C=O) groups excluding carboxylic acids is 2. The van der Waals surface area contributed by atoms with Crippen molar-refractivity contribution in [3.63, 3.8) is 0 Å². The maximum atomic E-state index is 12.6. The Morgan fingerprint density at radius 3 is 2.55 bits per heavy atom. The summed E-state index contributed by atoms with van der Waals surface area (Å²) in [5, 5.41) is 6.08. The Balaban J connectivity index is 1.71. The summed E-state index contributed by atoms with van der Waals surface area (Å²) < 4.78 is 10.3. The number of thiazole rings is 1. The number of methoxy groups -OCH3 is 1. The smallest absolute Gasteiger partial charge is 0.341 e. The molecule has 152 valence electrons. The summed E-state index contributed by atoms with van der Waals surface area (Å²) in [6.45, 7) is 5.82. The highest BCUT2D eigenvalue weighted by Crippen LogP contribution is 2.33. The lowest BCUT2D eigenvalue weighted by molar-refractivity contribution is -0.115. The zero-order valence-corrected chi connectivity index (χ0v) is 18.3. The fraction of sp³-hybridized carbons (Fsp3) is 0.286. The molecular weight excluding hydrogens is 408 g/mol. The van der Waals surface area contributed by atoms with Crippen LogP contribution < -0.4 is 10.1 Å². The van der Waals surface area contributed by atoms with Gasteiger partial charge in [0.05, 0.1) is 31.4 Å². The Labute approximate surface area is 177 Å². The summed E-state index contributed by atoms with van der Waals surface area (Å²) in [6, 6.07) is 7.62. The van der Waals surface area contributed by atoms with E-state index in [9.17, 15) is 9.59 Å². The lowest BCUT2D eigenvalue weighted by Crippen LogP contribution is -2.16. The predicted octanol–water partition coefficient (Wildman–Crippen LogP) is 4.85. The summed E-state index contributed by atoms with van der Waals surface area (Å²) in [6.07, 6.45) is 0.130. The molecular formula is C21H22N2O4S2. The van der Waals surface area contributed by atoms with Crippen LogP contribution in [0.25, 0.3) is 10.6 Å². The molecule has 0 aliphatic carbocycles. The van der Waals surface area contributed by atoms with Gasteiger partial charge in [0.25, 0.3) is 0 Å². The molecule has 0 unspecified atom stereocenters. The van der Waals surface area contributed by atoms with E-state index in [1.165, 1.54) is 22.7 Å². The Morgan fingerprint density at radius 1 is 1.17 bits per heavy atom. The van der Waals surface area contributed by atoms with Gasteiger partial charge >= 0.3 is 5.97 Å². The zero-order chi connectivity index (χ0) is 21.0. The summed E-state index contributed by atoms with van der Waals surface area (Å²) >= 11 is 2.86. The fourth-order valence-electron chi connectivity index (χ4n) is 2.75. The van der Waals surface area contributed by atoms with Crippen LogP contribution in [0.1, 0.15) is 33.4 Å². The summed E-state index contributed by atoms with van der Waals surface area (Å²) in [5.41, 5.74) is 2.91. The molecule has 6 nitrogen and oxygen atoms in total. The van der Waals surface area contributed by atoms with E-state index in [4.69, 9.17) is 9.47 Å². The van der Waals surface area contributed by atoms with Crippen molar-refractivity contribution < 1.29 is 19.1 Å². The van der Waals surface area contributed by atoms with Gasteiger partial charge in [0.2, 0.25) is 5.91 Å². The molecule has 0 aliphatic heterocycles. The lowest BCUT2D eigenvalue weighted by atomic mass is 10.1. The number of aromatic nitrogens is 1. The van der Waals surface area contributed by atoms with E-state index >= 15 is 0 Å². The molecule has 0 saturated carbocycles. The number of esters is 1. The maximum absolute atomic E-state index is 12.6. The van der Waals surface area contributed by atoms with Gasteiger partial charge in [0.15, 0.2) is 0 Å². The van der Waals surface area contributed by atoms with E-state index in [2.05, 4.69) is 10.3 Å². The van der Waals surface area contributed by atoms with Gasteiger partial charge in [-0.15, -0.1) is 22.7 Å². The normalized spacial score (nSPS) is 10.6. The minimum absolute atomic E-state index is 0.130. The molecule has 0 bridgehead atoms. The number of benzene rings is 1. The minimum atomic E-state index is -0.417. The van der Waals surface area contributed by atoms with Crippen LogP contribution in [-0.4, -0.2) is 30.6 Å². The van der Waals surface area contributed by atoms with Crippen LogP contribution in [0.15, 0.2) is 29.6 Å². The second-order valence-corrected chi connectivity index (χ2v) is 8.39. The van der Waals surface area contributed by atoms with Crippen molar-refractivity contribution in [1.82, 2.24) is 4.98 Å². The number of hydrogen-bond donors (Lipinski definition) is 1. The Morgan fingerprint density at radius 2 is 1.90 bits per heavy atom. The van der Waals surface area contributed by atoms with Gasteiger partial charge in [-0.3, -0.25) is 4.79 Å². The fourth-order valence-corrected chi connectivity index (χ4v) is 4.64. The molecule has 0 saturated heterocycles. The number of nitrogens with zero attached hydrogens (tertiary/aromatic N) is 1. The first-order chi connectivity index (χ1) is 13.9. The van der Waals surface area contributed by atoms with E-state index < -0.39 is 5.97 Å². The summed E-state index contributed by atoms with van der Waals surface area (Å²) in [5.74, 6) is 0.146. The van der Waals surface area contributed by atoms with Crippen LogP contribution in [0, 0.1) is 13.8 Å². The van der Waals surface area contributed by atoms with Gasteiger partial charge in [0.1, 0.15) is 15.8 Å². The van der Waals surface area contributed by atoms with Gasteiger partial charge in [-0.1, -0.05) is 0 Å². The molecule has 0 spiro atoms. The van der Waals surface area contributed by atoms with E-state index in [1.807, 2.05) is 43.5 Å². The van der Waals surface area contributed by atoms with Crippen LogP contribution in [-0.2, 0) is 16.0 Å². The molecule has 0 radical (unpaired) electrons. The summed E-state index contributed by atoms with van der Waals surface area (Å²) in [4.78, 5) is 30.3. The highest BCUT2D eigenvalue weighted by Gasteiger charge is 2.22. The topological polar surface area (TPSA) is 77.5 Å². The van der Waals surface area contributed by atoms with Crippen molar-refractivity contribution in [2.24, 2.45) is 0 Å². The number of hydrogen-bond acceptors (Lipinski definition) is 7. The highest BCUT2D eigenvalue weighted by molar-refractivity contribution is 7.16. The maximum Gasteiger partial charge on any atom is 0.341 e. The first kappa shape index (κ1) is 21.0. The zero-order valence-electron chi connectivity index (χ0n) is 16.7. The van der Waals surface area contributed by atoms with Crippen molar-refractivity contribution >= 4 is 39.6 Å². The lowest BCUT2D eigenvalue weighted by Gasteiger charge is -2.06. The number of nitrogens with one attached hydrogen (secondary N) is 1. The molecule has 2 aromatic heterocycles. The highest BCUT2D eigenvalue weighted by atomic mass is 32.1. The van der Waals surface area contributed by atoms with E-state index in [1.54, 1.807) is 14.0 Å². The number of thiophene rings is 1. The molecule has 1 aromatic carbocycles. The first-order valence-corrected chi connectivity index (χ1v) is 10.8. The average molecular weight is 431 g/mol. The van der Waals surface area contributed by atoms with Crippen LogP contribution in [0.5, 0.6) is 5.75 Å². The third kappa shape index (κ3) is 4.83. The minimum Gasteiger partial charge on any atom is -0.497 e. The van der Waals surface area contributed by atoms with Gasteiger partial charge in [0, 0.05) is 15.8 Å². The standard InChI is InChI=1S/C21H22N2O4S2/c1-5-27-21(25)18-12(2)13(3)29-20(18)23-17(24)10-15-11-28-19(22-15)14-6-8-16(26-4)9-7-14/h6-9,11H,5,10H2,1-4H3,(H,23,24). The molecule has 8 heteroatoms. The third-order valence-electron chi connectivity index (χ3n) is 4.35. The number of amides is 1. The number of rotatable bonds is 7. The Hall–Kier alpha value is -2.71. The van der Waals surface area contributed by atoms with Gasteiger partial charge in [-0.05, 0) is 50.6 Å². The number of anilines is 1. The van der Waals surface area contributed by atoms with Crippen molar-refractivity contribution in [2.75, 3.05) is 19.0 Å². The molecule has 0 atom stereocenters. The largest absolute Gasteiger partial charge is 0.497 e. The van der Waals surface area contributed by atoms with Crippen LogP contribution in [0.4, 0.5) is 5.00 Å². The molecule has 29 heavy (non-hydrogen) atoms. The van der Waals surface area contributed by atoms with E-state index in [-0.39, 0.29) is 18.9 Å².